The number of hydrogen-bond donors (Lipinski definition) is 2. The number of anilines is 1. The van der Waals surface area contributed by atoms with Crippen LogP contribution in [-0.2, 0) is 6.42 Å². The molecule has 0 fully saturated rings. The standard InChI is InChI=1S/C26H25N3O3/c1-26(2)16-19-11-12-20(32-3)14-21(19)22(29-26)15-23(30)17-7-9-18(10-8-17)25(31)28-24-6-4-5-13-27-24/h4-15,29H,16H2,1-3H3,(H,27,28,31). The molecule has 6 heteroatoms. The second-order valence-electron chi connectivity index (χ2n) is 8.38. The molecule has 2 heterocycles. The van der Waals surface area contributed by atoms with Crippen LogP contribution in [0.2, 0.25) is 0 Å². The van der Waals surface area contributed by atoms with Gasteiger partial charge in [0.1, 0.15) is 11.6 Å². The molecule has 0 saturated carbocycles. The van der Waals surface area contributed by atoms with Crippen molar-refractivity contribution in [3.8, 4) is 5.75 Å². The lowest BCUT2D eigenvalue weighted by atomic mass is 9.85. The Morgan fingerprint density at radius 2 is 1.81 bits per heavy atom. The first-order valence-electron chi connectivity index (χ1n) is 10.4. The second kappa shape index (κ2) is 8.67. The van der Waals surface area contributed by atoms with E-state index in [4.69, 9.17) is 4.74 Å². The maximum Gasteiger partial charge on any atom is 0.256 e. The number of rotatable bonds is 5. The largest absolute Gasteiger partial charge is 0.497 e. The first kappa shape index (κ1) is 21.3. The average molecular weight is 428 g/mol. The molecule has 1 aromatic heterocycles. The number of nitrogens with one attached hydrogen (secondary N) is 2. The summed E-state index contributed by atoms with van der Waals surface area (Å²) < 4.78 is 5.37. The van der Waals surface area contributed by atoms with Gasteiger partial charge in [0.15, 0.2) is 5.78 Å². The molecule has 4 rings (SSSR count). The van der Waals surface area contributed by atoms with E-state index in [-0.39, 0.29) is 17.2 Å². The molecule has 1 aliphatic heterocycles. The van der Waals surface area contributed by atoms with Gasteiger partial charge in [0.2, 0.25) is 0 Å². The maximum absolute atomic E-state index is 13.0. The molecule has 0 spiro atoms. The minimum Gasteiger partial charge on any atom is -0.497 e. The highest BCUT2D eigenvalue weighted by molar-refractivity contribution is 6.10. The molecule has 0 bridgehead atoms. The van der Waals surface area contributed by atoms with E-state index in [9.17, 15) is 9.59 Å². The van der Waals surface area contributed by atoms with E-state index in [1.165, 1.54) is 0 Å². The predicted molar refractivity (Wildman–Crippen MR) is 125 cm³/mol. The molecule has 0 unspecified atom stereocenters. The number of aromatic nitrogens is 1. The number of fused-ring (bicyclic) bond motifs is 1. The molecule has 3 aromatic rings. The molecular weight excluding hydrogens is 402 g/mol. The van der Waals surface area contributed by atoms with Crippen LogP contribution in [0, 0.1) is 0 Å². The maximum atomic E-state index is 13.0. The fourth-order valence-electron chi connectivity index (χ4n) is 3.78. The third kappa shape index (κ3) is 4.70. The normalized spacial score (nSPS) is 15.4. The van der Waals surface area contributed by atoms with Gasteiger partial charge in [0, 0.05) is 40.2 Å². The number of ketones is 1. The zero-order valence-corrected chi connectivity index (χ0v) is 18.3. The van der Waals surface area contributed by atoms with Crippen molar-refractivity contribution in [1.29, 1.82) is 0 Å². The SMILES string of the molecule is COc1ccc2c(c1)C(=CC(=O)c1ccc(C(=O)Nc3ccccn3)cc1)NC(C)(C)C2. The molecule has 1 amide bonds. The summed E-state index contributed by atoms with van der Waals surface area (Å²) in [7, 11) is 1.63. The molecule has 0 aliphatic carbocycles. The number of hydrogen-bond acceptors (Lipinski definition) is 5. The predicted octanol–water partition coefficient (Wildman–Crippen LogP) is 4.49. The smallest absolute Gasteiger partial charge is 0.256 e. The Morgan fingerprint density at radius 1 is 1.06 bits per heavy atom. The molecule has 162 valence electrons. The Bertz CT molecular complexity index is 1180. The first-order chi connectivity index (χ1) is 15.3. The first-order valence-corrected chi connectivity index (χ1v) is 10.4. The van der Waals surface area contributed by atoms with E-state index in [1.54, 1.807) is 61.8 Å². The van der Waals surface area contributed by atoms with Crippen molar-refractivity contribution in [3.63, 3.8) is 0 Å². The third-order valence-electron chi connectivity index (χ3n) is 5.33. The number of amides is 1. The van der Waals surface area contributed by atoms with Crippen molar-refractivity contribution in [2.24, 2.45) is 0 Å². The molecule has 2 N–H and O–H groups in total. The van der Waals surface area contributed by atoms with Crippen molar-refractivity contribution in [3.05, 3.63) is 95.2 Å². The highest BCUT2D eigenvalue weighted by Gasteiger charge is 2.28. The summed E-state index contributed by atoms with van der Waals surface area (Å²) in [5.74, 6) is 0.794. The summed E-state index contributed by atoms with van der Waals surface area (Å²) in [5.41, 5.74) is 3.66. The number of ether oxygens (including phenoxy) is 1. The molecule has 32 heavy (non-hydrogen) atoms. The van der Waals surface area contributed by atoms with E-state index < -0.39 is 0 Å². The van der Waals surface area contributed by atoms with Gasteiger partial charge in [-0.3, -0.25) is 9.59 Å². The van der Waals surface area contributed by atoms with Crippen LogP contribution >= 0.6 is 0 Å². The van der Waals surface area contributed by atoms with Crippen LogP contribution in [0.5, 0.6) is 5.75 Å². The van der Waals surface area contributed by atoms with E-state index in [2.05, 4.69) is 29.5 Å². The quantitative estimate of drug-likeness (QED) is 0.463. The summed E-state index contributed by atoms with van der Waals surface area (Å²) in [6, 6.07) is 17.8. The summed E-state index contributed by atoms with van der Waals surface area (Å²) >= 11 is 0. The minimum absolute atomic E-state index is 0.143. The van der Waals surface area contributed by atoms with Crippen LogP contribution in [0.25, 0.3) is 5.70 Å². The topological polar surface area (TPSA) is 80.3 Å². The van der Waals surface area contributed by atoms with Gasteiger partial charge in [-0.1, -0.05) is 24.3 Å². The minimum atomic E-state index is -0.280. The van der Waals surface area contributed by atoms with Crippen molar-refractivity contribution >= 4 is 23.2 Å². The van der Waals surface area contributed by atoms with Gasteiger partial charge in [-0.05, 0) is 62.2 Å². The third-order valence-corrected chi connectivity index (χ3v) is 5.33. The second-order valence-corrected chi connectivity index (χ2v) is 8.38. The zero-order valence-electron chi connectivity index (χ0n) is 18.3. The van der Waals surface area contributed by atoms with Crippen LogP contribution < -0.4 is 15.4 Å². The number of nitrogens with zero attached hydrogens (tertiary/aromatic N) is 1. The van der Waals surface area contributed by atoms with Gasteiger partial charge < -0.3 is 15.4 Å². The Labute approximate surface area is 187 Å². The van der Waals surface area contributed by atoms with Gasteiger partial charge in [-0.25, -0.2) is 4.98 Å². The monoisotopic (exact) mass is 427 g/mol. The molecule has 0 atom stereocenters. The highest BCUT2D eigenvalue weighted by Crippen LogP contribution is 2.32. The van der Waals surface area contributed by atoms with Crippen LogP contribution in [-0.4, -0.2) is 29.3 Å². The van der Waals surface area contributed by atoms with Crippen molar-refractivity contribution in [1.82, 2.24) is 10.3 Å². The average Bonchev–Trinajstić information content (AvgIpc) is 2.79. The van der Waals surface area contributed by atoms with Crippen LogP contribution in [0.1, 0.15) is 45.7 Å². The molecular formula is C26H25N3O3. The van der Waals surface area contributed by atoms with Gasteiger partial charge in [0.25, 0.3) is 5.91 Å². The Kier molecular flexibility index (Phi) is 5.77. The number of methoxy groups -OCH3 is 1. The number of carbonyl (C=O) groups excluding carboxylic acids is 2. The highest BCUT2D eigenvalue weighted by atomic mass is 16.5. The van der Waals surface area contributed by atoms with Gasteiger partial charge in [-0.2, -0.15) is 0 Å². The van der Waals surface area contributed by atoms with Gasteiger partial charge in [0.05, 0.1) is 7.11 Å². The fraction of sp³-hybridized carbons (Fsp3) is 0.192. The number of allylic oxidation sites excluding steroid dienone is 1. The summed E-state index contributed by atoms with van der Waals surface area (Å²) in [6.07, 6.45) is 4.07. The van der Waals surface area contributed by atoms with Crippen LogP contribution in [0.15, 0.2) is 72.9 Å². The van der Waals surface area contributed by atoms with E-state index in [1.807, 2.05) is 18.2 Å². The molecule has 1 aliphatic rings. The van der Waals surface area contributed by atoms with E-state index >= 15 is 0 Å². The zero-order chi connectivity index (χ0) is 22.7. The summed E-state index contributed by atoms with van der Waals surface area (Å²) in [6.45, 7) is 4.21. The Morgan fingerprint density at radius 3 is 2.50 bits per heavy atom. The van der Waals surface area contributed by atoms with E-state index in [0.717, 1.165) is 29.0 Å². The van der Waals surface area contributed by atoms with Gasteiger partial charge in [-0.15, -0.1) is 0 Å². The van der Waals surface area contributed by atoms with E-state index in [0.29, 0.717) is 16.9 Å². The number of carbonyl (C=O) groups is 2. The number of benzene rings is 2. The molecule has 0 saturated heterocycles. The lowest BCUT2D eigenvalue weighted by Gasteiger charge is -2.35. The van der Waals surface area contributed by atoms with Crippen LogP contribution in [0.3, 0.4) is 0 Å². The van der Waals surface area contributed by atoms with Crippen molar-refractivity contribution in [2.75, 3.05) is 12.4 Å². The molecule has 0 radical (unpaired) electrons. The van der Waals surface area contributed by atoms with Crippen LogP contribution in [0.4, 0.5) is 5.82 Å². The van der Waals surface area contributed by atoms with Crippen molar-refractivity contribution in [2.45, 2.75) is 25.8 Å². The lowest BCUT2D eigenvalue weighted by Crippen LogP contribution is -2.43. The molecule has 2 aromatic carbocycles. The molecule has 6 nitrogen and oxygen atoms in total. The van der Waals surface area contributed by atoms with Crippen molar-refractivity contribution < 1.29 is 14.3 Å². The Hall–Kier alpha value is -3.93. The lowest BCUT2D eigenvalue weighted by molar-refractivity contribution is 0.102. The van der Waals surface area contributed by atoms with Gasteiger partial charge >= 0.3 is 0 Å². The summed E-state index contributed by atoms with van der Waals surface area (Å²) in [5, 5.41) is 6.21. The number of pyridine rings is 1. The Balaban J connectivity index is 1.56. The fourth-order valence-corrected chi connectivity index (χ4v) is 3.78. The summed E-state index contributed by atoms with van der Waals surface area (Å²) in [4.78, 5) is 29.5.